The van der Waals surface area contributed by atoms with E-state index in [1.165, 1.54) is 17.3 Å². The molecule has 0 bridgehead atoms. The monoisotopic (exact) mass is 347 g/mol. The van der Waals surface area contributed by atoms with Gasteiger partial charge >= 0.3 is 0 Å². The third kappa shape index (κ3) is 5.26. The Hall–Kier alpha value is -2.99. The summed E-state index contributed by atoms with van der Waals surface area (Å²) in [6.07, 6.45) is 5.11. The molecule has 0 aliphatic heterocycles. The third-order valence-electron chi connectivity index (χ3n) is 3.30. The van der Waals surface area contributed by atoms with Crippen molar-refractivity contribution < 1.29 is 0 Å². The Balaban J connectivity index is 1.62. The highest BCUT2D eigenvalue weighted by molar-refractivity contribution is 8.13. The maximum absolute atomic E-state index is 5.89. The second-order valence-corrected chi connectivity index (χ2v) is 6.15. The van der Waals surface area contributed by atoms with Gasteiger partial charge in [-0.25, -0.2) is 9.97 Å². The van der Waals surface area contributed by atoms with Crippen LogP contribution < -0.4 is 5.73 Å². The SMILES string of the molecule is NC(=NN=Cc1cccc(-c2ncccn2)c1)SCc1ccccc1. The molecule has 0 radical (unpaired) electrons. The third-order valence-corrected chi connectivity index (χ3v) is 4.16. The van der Waals surface area contributed by atoms with Crippen molar-refractivity contribution in [1.82, 2.24) is 9.97 Å². The number of nitrogens with two attached hydrogens (primary N) is 1. The number of hydrogen-bond donors (Lipinski definition) is 1. The lowest BCUT2D eigenvalue weighted by atomic mass is 10.1. The van der Waals surface area contributed by atoms with Gasteiger partial charge < -0.3 is 5.73 Å². The van der Waals surface area contributed by atoms with Gasteiger partial charge in [-0.1, -0.05) is 60.3 Å². The zero-order chi connectivity index (χ0) is 17.3. The standard InChI is InChI=1S/C19H17N5S/c20-19(25-14-15-6-2-1-3-7-15)24-23-13-16-8-4-9-17(12-16)18-21-10-5-11-22-18/h1-13H,14H2,(H2,20,24). The summed E-state index contributed by atoms with van der Waals surface area (Å²) in [4.78, 5) is 8.49. The Morgan fingerprint density at radius 1 is 1.00 bits per heavy atom. The maximum atomic E-state index is 5.89. The van der Waals surface area contributed by atoms with Crippen molar-refractivity contribution in [2.24, 2.45) is 15.9 Å². The van der Waals surface area contributed by atoms with Crippen molar-refractivity contribution in [3.05, 3.63) is 84.2 Å². The molecule has 1 heterocycles. The molecule has 0 aliphatic carbocycles. The van der Waals surface area contributed by atoms with E-state index in [0.717, 1.165) is 16.9 Å². The fourth-order valence-corrected chi connectivity index (χ4v) is 2.73. The Morgan fingerprint density at radius 2 is 1.80 bits per heavy atom. The number of rotatable bonds is 5. The molecule has 0 amide bonds. The molecule has 2 aromatic carbocycles. The van der Waals surface area contributed by atoms with Crippen LogP contribution in [0.15, 0.2) is 83.3 Å². The van der Waals surface area contributed by atoms with Crippen LogP contribution in [-0.4, -0.2) is 21.4 Å². The van der Waals surface area contributed by atoms with Crippen LogP contribution in [0.2, 0.25) is 0 Å². The molecule has 6 heteroatoms. The van der Waals surface area contributed by atoms with E-state index in [0.29, 0.717) is 11.0 Å². The van der Waals surface area contributed by atoms with Crippen molar-refractivity contribution in [2.75, 3.05) is 0 Å². The minimum Gasteiger partial charge on any atom is -0.377 e. The van der Waals surface area contributed by atoms with E-state index in [4.69, 9.17) is 5.73 Å². The molecule has 2 N–H and O–H groups in total. The topological polar surface area (TPSA) is 76.5 Å². The van der Waals surface area contributed by atoms with E-state index < -0.39 is 0 Å². The summed E-state index contributed by atoms with van der Waals surface area (Å²) >= 11 is 1.46. The van der Waals surface area contributed by atoms with Crippen LogP contribution in [-0.2, 0) is 5.75 Å². The van der Waals surface area contributed by atoms with E-state index in [2.05, 4.69) is 32.3 Å². The van der Waals surface area contributed by atoms with Gasteiger partial charge in [0, 0.05) is 23.7 Å². The van der Waals surface area contributed by atoms with Gasteiger partial charge in [0.2, 0.25) is 0 Å². The highest BCUT2D eigenvalue weighted by Gasteiger charge is 2.00. The fourth-order valence-electron chi connectivity index (χ4n) is 2.12. The van der Waals surface area contributed by atoms with E-state index in [9.17, 15) is 0 Å². The summed E-state index contributed by atoms with van der Waals surface area (Å²) in [5.74, 6) is 1.45. The lowest BCUT2D eigenvalue weighted by molar-refractivity contribution is 1.18. The summed E-state index contributed by atoms with van der Waals surface area (Å²) in [6.45, 7) is 0. The second-order valence-electron chi connectivity index (χ2n) is 5.15. The average molecular weight is 347 g/mol. The first-order valence-corrected chi connectivity index (χ1v) is 8.70. The van der Waals surface area contributed by atoms with Crippen molar-refractivity contribution in [3.63, 3.8) is 0 Å². The van der Waals surface area contributed by atoms with Crippen molar-refractivity contribution >= 4 is 23.1 Å². The van der Waals surface area contributed by atoms with Gasteiger partial charge in [-0.2, -0.15) is 5.10 Å². The normalized spacial score (nSPS) is 11.8. The van der Waals surface area contributed by atoms with Gasteiger partial charge in [-0.05, 0) is 23.3 Å². The number of thioether (sulfide) groups is 1. The predicted molar refractivity (Wildman–Crippen MR) is 104 cm³/mol. The lowest BCUT2D eigenvalue weighted by Crippen LogP contribution is -2.06. The van der Waals surface area contributed by atoms with Gasteiger partial charge in [-0.15, -0.1) is 5.10 Å². The van der Waals surface area contributed by atoms with Crippen LogP contribution in [0.1, 0.15) is 11.1 Å². The Bertz CT molecular complexity index is 863. The Morgan fingerprint density at radius 3 is 2.60 bits per heavy atom. The molecule has 1 aromatic heterocycles. The summed E-state index contributed by atoms with van der Waals surface area (Å²) in [5.41, 5.74) is 8.93. The highest BCUT2D eigenvalue weighted by atomic mass is 32.2. The molecule has 3 rings (SSSR count). The van der Waals surface area contributed by atoms with Crippen LogP contribution >= 0.6 is 11.8 Å². The number of nitrogens with zero attached hydrogens (tertiary/aromatic N) is 4. The molecule has 0 unspecified atom stereocenters. The highest BCUT2D eigenvalue weighted by Crippen LogP contribution is 2.15. The first-order chi connectivity index (χ1) is 12.3. The van der Waals surface area contributed by atoms with E-state index in [-0.39, 0.29) is 0 Å². The second kappa shape index (κ2) is 8.75. The number of benzene rings is 2. The van der Waals surface area contributed by atoms with Crippen LogP contribution in [0.25, 0.3) is 11.4 Å². The zero-order valence-corrected chi connectivity index (χ0v) is 14.3. The lowest BCUT2D eigenvalue weighted by Gasteiger charge is -2.00. The van der Waals surface area contributed by atoms with Crippen LogP contribution in [0, 0.1) is 0 Å². The molecule has 124 valence electrons. The molecular formula is C19H17N5S. The van der Waals surface area contributed by atoms with Crippen LogP contribution in [0.4, 0.5) is 0 Å². The van der Waals surface area contributed by atoms with Crippen molar-refractivity contribution in [3.8, 4) is 11.4 Å². The molecule has 3 aromatic rings. The van der Waals surface area contributed by atoms with Gasteiger partial charge in [0.25, 0.3) is 0 Å². The first-order valence-electron chi connectivity index (χ1n) is 7.72. The predicted octanol–water partition coefficient (Wildman–Crippen LogP) is 3.73. The molecule has 0 saturated heterocycles. The molecule has 0 saturated carbocycles. The summed E-state index contributed by atoms with van der Waals surface area (Å²) in [7, 11) is 0. The van der Waals surface area contributed by atoms with E-state index in [1.807, 2.05) is 42.5 Å². The molecule has 25 heavy (non-hydrogen) atoms. The minimum atomic E-state index is 0.433. The summed E-state index contributed by atoms with van der Waals surface area (Å²) < 4.78 is 0. The van der Waals surface area contributed by atoms with Gasteiger partial charge in [0.05, 0.1) is 6.21 Å². The van der Waals surface area contributed by atoms with Gasteiger partial charge in [0.1, 0.15) is 0 Å². The zero-order valence-electron chi connectivity index (χ0n) is 13.5. The fraction of sp³-hybridized carbons (Fsp3) is 0.0526. The molecule has 0 spiro atoms. The van der Waals surface area contributed by atoms with Gasteiger partial charge in [-0.3, -0.25) is 0 Å². The van der Waals surface area contributed by atoms with E-state index >= 15 is 0 Å². The van der Waals surface area contributed by atoms with Crippen LogP contribution in [0.5, 0.6) is 0 Å². The molecule has 0 aliphatic rings. The van der Waals surface area contributed by atoms with Crippen molar-refractivity contribution in [1.29, 1.82) is 0 Å². The van der Waals surface area contributed by atoms with Crippen LogP contribution in [0.3, 0.4) is 0 Å². The number of aromatic nitrogens is 2. The van der Waals surface area contributed by atoms with Gasteiger partial charge in [0.15, 0.2) is 11.0 Å². The molecule has 0 fully saturated rings. The van der Waals surface area contributed by atoms with Crippen molar-refractivity contribution in [2.45, 2.75) is 5.75 Å². The number of amidine groups is 1. The first kappa shape index (κ1) is 16.9. The maximum Gasteiger partial charge on any atom is 0.180 e. The quantitative estimate of drug-likeness (QED) is 0.433. The molecule has 0 atom stereocenters. The smallest absolute Gasteiger partial charge is 0.180 e. The summed E-state index contributed by atoms with van der Waals surface area (Å²) in [5, 5.41) is 8.53. The average Bonchev–Trinajstić information content (AvgIpc) is 2.68. The number of hydrogen-bond acceptors (Lipinski definition) is 5. The molecular weight excluding hydrogens is 330 g/mol. The Kier molecular flexibility index (Phi) is 5.90. The van der Waals surface area contributed by atoms with E-state index in [1.54, 1.807) is 24.7 Å². The molecule has 5 nitrogen and oxygen atoms in total. The minimum absolute atomic E-state index is 0.433. The largest absolute Gasteiger partial charge is 0.377 e. The Labute approximate surface area is 150 Å². The summed E-state index contributed by atoms with van der Waals surface area (Å²) in [6, 6.07) is 19.7.